The van der Waals surface area contributed by atoms with Gasteiger partial charge in [0.05, 0.1) is 16.3 Å². The maximum Gasteiger partial charge on any atom is 0.122 e. The van der Waals surface area contributed by atoms with Gasteiger partial charge in [0.1, 0.15) is 23.5 Å². The molecule has 3 aromatic rings. The number of hydrogen-bond donors (Lipinski definition) is 1. The smallest absolute Gasteiger partial charge is 0.122 e. The number of likely N-dealkylation sites (tertiary alicyclic amines) is 1. The molecule has 1 aliphatic heterocycles. The summed E-state index contributed by atoms with van der Waals surface area (Å²) < 4.78 is 7.20. The molecule has 0 amide bonds. The molecule has 1 aliphatic rings. The molecular weight excluding hydrogens is 368 g/mol. The van der Waals surface area contributed by atoms with Crippen LogP contribution in [-0.4, -0.2) is 40.8 Å². The molecule has 0 saturated carbocycles. The topological polar surface area (TPSA) is 45.6 Å². The van der Waals surface area contributed by atoms with Gasteiger partial charge in [-0.25, -0.2) is 4.98 Å². The molecule has 5 heteroatoms. The van der Waals surface area contributed by atoms with Crippen molar-refractivity contribution in [2.75, 3.05) is 19.7 Å². The van der Waals surface area contributed by atoms with Crippen molar-refractivity contribution >= 4 is 21.6 Å². The molecule has 2 atom stereocenters. The highest BCUT2D eigenvalue weighted by Crippen LogP contribution is 2.36. The minimum absolute atomic E-state index is 0.301. The van der Waals surface area contributed by atoms with Gasteiger partial charge in [-0.3, -0.25) is 4.90 Å². The van der Waals surface area contributed by atoms with Gasteiger partial charge in [0.25, 0.3) is 0 Å². The lowest BCUT2D eigenvalue weighted by Gasteiger charge is -2.25. The number of aliphatic hydroxyl groups is 1. The quantitative estimate of drug-likeness (QED) is 0.611. The van der Waals surface area contributed by atoms with E-state index in [-0.39, 0.29) is 0 Å². The van der Waals surface area contributed by atoms with Crippen LogP contribution in [0.15, 0.2) is 48.5 Å². The molecule has 4 nitrogen and oxygen atoms in total. The van der Waals surface area contributed by atoms with Gasteiger partial charge in [-0.2, -0.15) is 0 Å². The number of ether oxygens (including phenoxy) is 1. The van der Waals surface area contributed by atoms with Crippen LogP contribution in [0.3, 0.4) is 0 Å². The largest absolute Gasteiger partial charge is 0.491 e. The van der Waals surface area contributed by atoms with Gasteiger partial charge in [0.15, 0.2) is 0 Å². The number of thiazole rings is 1. The molecule has 2 unspecified atom stereocenters. The molecule has 1 saturated heterocycles. The highest BCUT2D eigenvalue weighted by Gasteiger charge is 2.30. The summed E-state index contributed by atoms with van der Waals surface area (Å²) in [5, 5.41) is 11.8. The van der Waals surface area contributed by atoms with Gasteiger partial charge in [-0.1, -0.05) is 44.2 Å². The fraction of sp³-hybridized carbons (Fsp3) is 0.435. The zero-order valence-corrected chi connectivity index (χ0v) is 17.4. The first-order valence-electron chi connectivity index (χ1n) is 10.1. The number of nitrogens with zero attached hydrogens (tertiary/aromatic N) is 2. The monoisotopic (exact) mass is 396 g/mol. The number of rotatable bonds is 7. The van der Waals surface area contributed by atoms with Gasteiger partial charge in [-0.05, 0) is 49.1 Å². The maximum atomic E-state index is 10.6. The van der Waals surface area contributed by atoms with E-state index in [4.69, 9.17) is 9.72 Å². The zero-order chi connectivity index (χ0) is 19.5. The number of aromatic nitrogens is 1. The average Bonchev–Trinajstić information content (AvgIpc) is 3.32. The fourth-order valence-corrected chi connectivity index (χ4v) is 5.09. The molecule has 0 bridgehead atoms. The Balaban J connectivity index is 1.39. The van der Waals surface area contributed by atoms with Crippen LogP contribution in [0.25, 0.3) is 10.2 Å². The summed E-state index contributed by atoms with van der Waals surface area (Å²) in [5.74, 6) is 1.27. The van der Waals surface area contributed by atoms with Crippen molar-refractivity contribution in [3.63, 3.8) is 0 Å². The zero-order valence-electron chi connectivity index (χ0n) is 16.5. The lowest BCUT2D eigenvalue weighted by molar-refractivity contribution is 0.0634. The van der Waals surface area contributed by atoms with E-state index in [1.165, 1.54) is 10.3 Å². The first kappa shape index (κ1) is 19.4. The first-order chi connectivity index (χ1) is 13.6. The maximum absolute atomic E-state index is 10.6. The summed E-state index contributed by atoms with van der Waals surface area (Å²) in [6, 6.07) is 16.7. The fourth-order valence-electron chi connectivity index (χ4n) is 3.96. The lowest BCUT2D eigenvalue weighted by Crippen LogP contribution is -2.35. The molecule has 0 radical (unpaired) electrons. The van der Waals surface area contributed by atoms with Gasteiger partial charge in [0.2, 0.25) is 0 Å². The van der Waals surface area contributed by atoms with Crippen molar-refractivity contribution in [1.82, 2.24) is 9.88 Å². The molecule has 1 fully saturated rings. The summed E-state index contributed by atoms with van der Waals surface area (Å²) in [6.07, 6.45) is 1.73. The second-order valence-corrected chi connectivity index (χ2v) is 8.89. The number of hydrogen-bond acceptors (Lipinski definition) is 5. The molecular formula is C23H28N2O2S. The highest BCUT2D eigenvalue weighted by molar-refractivity contribution is 7.18. The average molecular weight is 397 g/mol. The van der Waals surface area contributed by atoms with E-state index in [0.717, 1.165) is 35.7 Å². The van der Waals surface area contributed by atoms with Crippen LogP contribution in [0.4, 0.5) is 0 Å². The Labute approximate surface area is 170 Å². The van der Waals surface area contributed by atoms with Crippen molar-refractivity contribution in [2.45, 2.75) is 44.8 Å². The van der Waals surface area contributed by atoms with Gasteiger partial charge in [0, 0.05) is 6.54 Å². The number of para-hydroxylation sites is 2. The number of fused-ring (bicyclic) bond motifs is 1. The van der Waals surface area contributed by atoms with Crippen molar-refractivity contribution in [2.24, 2.45) is 0 Å². The molecule has 0 spiro atoms. The second kappa shape index (κ2) is 8.60. The summed E-state index contributed by atoms with van der Waals surface area (Å²) in [6.45, 7) is 6.24. The Kier molecular flexibility index (Phi) is 5.95. The van der Waals surface area contributed by atoms with E-state index < -0.39 is 6.10 Å². The standard InChI is InChI=1S/C23H28N2O2S/c1-16(2)18-8-3-5-11-21(18)27-15-17(26)14-25-13-7-10-20(25)23-24-19-9-4-6-12-22(19)28-23/h3-6,8-9,11-12,16-17,20,26H,7,10,13-15H2,1-2H3. The Morgan fingerprint density at radius 2 is 1.96 bits per heavy atom. The third kappa shape index (κ3) is 4.22. The molecule has 148 valence electrons. The van der Waals surface area contributed by atoms with Gasteiger partial charge >= 0.3 is 0 Å². The molecule has 4 rings (SSSR count). The summed E-state index contributed by atoms with van der Waals surface area (Å²) in [5.41, 5.74) is 2.26. The van der Waals surface area contributed by atoms with E-state index in [0.29, 0.717) is 25.1 Å². The Morgan fingerprint density at radius 1 is 1.18 bits per heavy atom. The molecule has 0 aliphatic carbocycles. The third-order valence-corrected chi connectivity index (χ3v) is 6.51. The minimum atomic E-state index is -0.518. The molecule has 1 aromatic heterocycles. The van der Waals surface area contributed by atoms with Crippen molar-refractivity contribution in [1.29, 1.82) is 0 Å². The van der Waals surface area contributed by atoms with Crippen LogP contribution in [0.2, 0.25) is 0 Å². The van der Waals surface area contributed by atoms with E-state index in [9.17, 15) is 5.11 Å². The summed E-state index contributed by atoms with van der Waals surface area (Å²) in [7, 11) is 0. The van der Waals surface area contributed by atoms with E-state index >= 15 is 0 Å². The van der Waals surface area contributed by atoms with Crippen molar-refractivity contribution in [3.05, 3.63) is 59.1 Å². The number of β-amino-alcohol motifs (C(OH)–C–C–N with tert-alkyl or cyclic N) is 1. The van der Waals surface area contributed by atoms with Crippen LogP contribution >= 0.6 is 11.3 Å². The van der Waals surface area contributed by atoms with Gasteiger partial charge < -0.3 is 9.84 Å². The predicted molar refractivity (Wildman–Crippen MR) is 115 cm³/mol. The minimum Gasteiger partial charge on any atom is -0.491 e. The van der Waals surface area contributed by atoms with Crippen LogP contribution in [0.5, 0.6) is 5.75 Å². The van der Waals surface area contributed by atoms with Crippen LogP contribution in [0.1, 0.15) is 49.2 Å². The van der Waals surface area contributed by atoms with E-state index in [2.05, 4.69) is 43.0 Å². The van der Waals surface area contributed by atoms with Crippen LogP contribution in [0, 0.1) is 0 Å². The second-order valence-electron chi connectivity index (χ2n) is 7.83. The lowest BCUT2D eigenvalue weighted by atomic mass is 10.0. The third-order valence-electron chi connectivity index (χ3n) is 5.38. The van der Waals surface area contributed by atoms with Crippen molar-refractivity contribution < 1.29 is 9.84 Å². The molecule has 28 heavy (non-hydrogen) atoms. The van der Waals surface area contributed by atoms with Gasteiger partial charge in [-0.15, -0.1) is 11.3 Å². The van der Waals surface area contributed by atoms with E-state index in [1.54, 1.807) is 11.3 Å². The molecule has 2 heterocycles. The Hall–Kier alpha value is -1.95. The molecule has 1 N–H and O–H groups in total. The highest BCUT2D eigenvalue weighted by atomic mass is 32.1. The number of aliphatic hydroxyl groups excluding tert-OH is 1. The van der Waals surface area contributed by atoms with Crippen molar-refractivity contribution in [3.8, 4) is 5.75 Å². The Morgan fingerprint density at radius 3 is 2.79 bits per heavy atom. The molecule has 2 aromatic carbocycles. The summed E-state index contributed by atoms with van der Waals surface area (Å²) in [4.78, 5) is 7.20. The SMILES string of the molecule is CC(C)c1ccccc1OCC(O)CN1CCCC1c1nc2ccccc2s1. The van der Waals surface area contributed by atoms with Crippen LogP contribution < -0.4 is 4.74 Å². The number of benzene rings is 2. The predicted octanol–water partition coefficient (Wildman–Crippen LogP) is 5.00. The normalized spacial score (nSPS) is 18.8. The Bertz CT molecular complexity index is 891. The van der Waals surface area contributed by atoms with Crippen LogP contribution in [-0.2, 0) is 0 Å². The van der Waals surface area contributed by atoms with E-state index in [1.807, 2.05) is 24.3 Å². The first-order valence-corrected chi connectivity index (χ1v) is 10.9. The summed E-state index contributed by atoms with van der Waals surface area (Å²) >= 11 is 1.78.